The molecule has 7 nitrogen and oxygen atoms in total. The Hall–Kier alpha value is -0.730. The lowest BCUT2D eigenvalue weighted by molar-refractivity contribution is -0.122. The number of nitrogens with two attached hydrogens (primary N) is 5. The summed E-state index contributed by atoms with van der Waals surface area (Å²) < 4.78 is 0. The molecule has 0 aliphatic carbocycles. The van der Waals surface area contributed by atoms with Crippen molar-refractivity contribution < 1.29 is 9.90 Å². The molecule has 0 aliphatic heterocycles. The molecule has 0 aromatic carbocycles. The van der Waals surface area contributed by atoms with E-state index in [4.69, 9.17) is 38.6 Å². The second-order valence-corrected chi connectivity index (χ2v) is 2.29. The van der Waals surface area contributed by atoms with Gasteiger partial charge in [-0.05, 0) is 13.0 Å². The van der Waals surface area contributed by atoms with E-state index in [0.717, 1.165) is 0 Å². The van der Waals surface area contributed by atoms with Gasteiger partial charge < -0.3 is 16.6 Å². The fraction of sp³-hybridized carbons (Fsp3) is 0.800. The van der Waals surface area contributed by atoms with E-state index in [1.807, 2.05) is 0 Å². The first-order chi connectivity index (χ1) is 5.40. The smallest absolute Gasteiger partial charge is 0.290 e. The molecule has 0 bridgehead atoms. The summed E-state index contributed by atoms with van der Waals surface area (Å²) in [7, 11) is 0. The molecule has 12 heavy (non-hydrogen) atoms. The van der Waals surface area contributed by atoms with Gasteiger partial charge in [0.05, 0.1) is 6.04 Å². The Bertz CT molecular complexity index is 113. The average Bonchev–Trinajstić information content (AvgIpc) is 1.88. The number of carbonyl (C=O) groups is 1. The Labute approximate surface area is 70.9 Å². The van der Waals surface area contributed by atoms with E-state index in [9.17, 15) is 0 Å². The summed E-state index contributed by atoms with van der Waals surface area (Å²) in [6.07, 6.45) is 0.545. The van der Waals surface area contributed by atoms with Crippen molar-refractivity contribution in [3.63, 3.8) is 0 Å². The number of hydrogen-bond donors (Lipinski definition) is 6. The lowest BCUT2D eigenvalue weighted by atomic mass is 10.1. The quantitative estimate of drug-likeness (QED) is 0.197. The molecule has 0 spiro atoms. The summed E-state index contributed by atoms with van der Waals surface area (Å²) >= 11 is 0. The van der Waals surface area contributed by atoms with Gasteiger partial charge in [-0.1, -0.05) is 0 Å². The standard InChI is InChI=1S/C4H15N5.CH2O2/c5-2-1-3(6)4(7,8)9;2-1-3/h3H,1-2,5-9H2;1H,(H,2,3). The van der Waals surface area contributed by atoms with Gasteiger partial charge in [-0.25, -0.2) is 0 Å². The molecule has 1 unspecified atom stereocenters. The van der Waals surface area contributed by atoms with Crippen molar-refractivity contribution in [1.82, 2.24) is 0 Å². The molecule has 0 heterocycles. The van der Waals surface area contributed by atoms with Crippen molar-refractivity contribution in [3.8, 4) is 0 Å². The molecule has 0 fully saturated rings. The molecule has 0 saturated carbocycles. The van der Waals surface area contributed by atoms with E-state index < -0.39 is 11.8 Å². The fourth-order valence-electron chi connectivity index (χ4n) is 0.430. The molecule has 0 rings (SSSR count). The van der Waals surface area contributed by atoms with Crippen LogP contribution in [0.3, 0.4) is 0 Å². The second-order valence-electron chi connectivity index (χ2n) is 2.29. The minimum absolute atomic E-state index is 0.250. The van der Waals surface area contributed by atoms with Gasteiger partial charge in [0.1, 0.15) is 5.79 Å². The van der Waals surface area contributed by atoms with Gasteiger partial charge in [0.25, 0.3) is 6.47 Å². The van der Waals surface area contributed by atoms with Gasteiger partial charge in [-0.3, -0.25) is 22.0 Å². The molecule has 0 radical (unpaired) electrons. The molecule has 0 aromatic heterocycles. The second kappa shape index (κ2) is 6.95. The predicted molar refractivity (Wildman–Crippen MR) is 45.6 cm³/mol. The molecule has 0 aromatic rings. The van der Waals surface area contributed by atoms with Crippen LogP contribution in [-0.2, 0) is 4.79 Å². The van der Waals surface area contributed by atoms with Gasteiger partial charge in [0.2, 0.25) is 0 Å². The highest BCUT2D eigenvalue weighted by molar-refractivity contribution is 5.32. The number of hydrogen-bond acceptors (Lipinski definition) is 6. The highest BCUT2D eigenvalue weighted by Crippen LogP contribution is 1.91. The molecular formula is C5H17N5O2. The monoisotopic (exact) mass is 179 g/mol. The lowest BCUT2D eigenvalue weighted by Gasteiger charge is -2.25. The van der Waals surface area contributed by atoms with Gasteiger partial charge in [0, 0.05) is 0 Å². The zero-order valence-corrected chi connectivity index (χ0v) is 6.81. The molecule has 0 amide bonds. The topological polar surface area (TPSA) is 167 Å². The van der Waals surface area contributed by atoms with Gasteiger partial charge in [-0.15, -0.1) is 0 Å². The average molecular weight is 179 g/mol. The van der Waals surface area contributed by atoms with E-state index in [0.29, 0.717) is 13.0 Å². The SMILES string of the molecule is NCCC(N)C(N)(N)N.O=CO. The Morgan fingerprint density at radius 1 is 1.42 bits per heavy atom. The van der Waals surface area contributed by atoms with E-state index in [1.165, 1.54) is 0 Å². The first-order valence-corrected chi connectivity index (χ1v) is 3.30. The zero-order valence-electron chi connectivity index (χ0n) is 6.81. The molecule has 0 aliphatic rings. The lowest BCUT2D eigenvalue weighted by Crippen LogP contribution is -2.69. The van der Waals surface area contributed by atoms with E-state index in [-0.39, 0.29) is 6.47 Å². The fourth-order valence-corrected chi connectivity index (χ4v) is 0.430. The van der Waals surface area contributed by atoms with Crippen molar-refractivity contribution in [1.29, 1.82) is 0 Å². The third-order valence-corrected chi connectivity index (χ3v) is 1.12. The maximum Gasteiger partial charge on any atom is 0.290 e. The Morgan fingerprint density at radius 3 is 1.83 bits per heavy atom. The van der Waals surface area contributed by atoms with Crippen molar-refractivity contribution in [2.45, 2.75) is 18.2 Å². The summed E-state index contributed by atoms with van der Waals surface area (Å²) in [6.45, 7) is 0.203. The van der Waals surface area contributed by atoms with Crippen LogP contribution in [0.4, 0.5) is 0 Å². The Morgan fingerprint density at radius 2 is 1.75 bits per heavy atom. The molecule has 0 saturated heterocycles. The van der Waals surface area contributed by atoms with E-state index in [1.54, 1.807) is 0 Å². The van der Waals surface area contributed by atoms with Gasteiger partial charge in [0.15, 0.2) is 0 Å². The molecule has 74 valence electrons. The Kier molecular flexibility index (Phi) is 8.01. The van der Waals surface area contributed by atoms with Gasteiger partial charge >= 0.3 is 0 Å². The van der Waals surface area contributed by atoms with Crippen LogP contribution in [0.25, 0.3) is 0 Å². The summed E-state index contributed by atoms with van der Waals surface area (Å²) in [5.74, 6) is -1.29. The molecule has 7 heteroatoms. The third kappa shape index (κ3) is 9.27. The summed E-state index contributed by atoms with van der Waals surface area (Å²) in [5.41, 5.74) is 26.3. The van der Waals surface area contributed by atoms with E-state index in [2.05, 4.69) is 0 Å². The van der Waals surface area contributed by atoms with Crippen LogP contribution in [0.2, 0.25) is 0 Å². The highest BCUT2D eigenvalue weighted by Gasteiger charge is 2.20. The van der Waals surface area contributed by atoms with Crippen LogP contribution < -0.4 is 28.7 Å². The minimum Gasteiger partial charge on any atom is -0.483 e. The van der Waals surface area contributed by atoms with Crippen molar-refractivity contribution in [3.05, 3.63) is 0 Å². The first-order valence-electron chi connectivity index (χ1n) is 3.30. The molecule has 11 N–H and O–H groups in total. The minimum atomic E-state index is -1.29. The largest absolute Gasteiger partial charge is 0.483 e. The van der Waals surface area contributed by atoms with Crippen molar-refractivity contribution in [2.75, 3.05) is 6.54 Å². The Balaban J connectivity index is 0. The third-order valence-electron chi connectivity index (χ3n) is 1.12. The maximum atomic E-state index is 8.36. The van der Waals surface area contributed by atoms with Crippen LogP contribution in [0.15, 0.2) is 0 Å². The number of rotatable bonds is 3. The van der Waals surface area contributed by atoms with E-state index >= 15 is 0 Å². The maximum absolute atomic E-state index is 8.36. The van der Waals surface area contributed by atoms with Crippen LogP contribution in [0, 0.1) is 0 Å². The van der Waals surface area contributed by atoms with Gasteiger partial charge in [-0.2, -0.15) is 0 Å². The summed E-state index contributed by atoms with van der Waals surface area (Å²) in [5, 5.41) is 6.89. The van der Waals surface area contributed by atoms with Crippen LogP contribution >= 0.6 is 0 Å². The van der Waals surface area contributed by atoms with Crippen molar-refractivity contribution in [2.24, 2.45) is 28.7 Å². The highest BCUT2D eigenvalue weighted by atomic mass is 16.3. The van der Waals surface area contributed by atoms with Crippen LogP contribution in [0.1, 0.15) is 6.42 Å². The predicted octanol–water partition coefficient (Wildman–Crippen LogP) is -3.11. The number of carboxylic acid groups (broad SMARTS) is 1. The normalized spacial score (nSPS) is 12.8. The van der Waals surface area contributed by atoms with Crippen LogP contribution in [0.5, 0.6) is 0 Å². The summed E-state index contributed by atoms with van der Waals surface area (Å²) in [4.78, 5) is 8.36. The van der Waals surface area contributed by atoms with Crippen molar-refractivity contribution >= 4 is 6.47 Å². The molecular weight excluding hydrogens is 162 g/mol. The zero-order chi connectivity index (χ0) is 10.2. The molecule has 1 atom stereocenters. The first kappa shape index (κ1) is 13.8. The summed E-state index contributed by atoms with van der Waals surface area (Å²) in [6, 6.07) is -0.428. The van der Waals surface area contributed by atoms with Crippen LogP contribution in [-0.4, -0.2) is 30.0 Å².